The molecule has 0 unspecified atom stereocenters. The van der Waals surface area contributed by atoms with Crippen molar-refractivity contribution < 1.29 is 14.7 Å². The number of amides is 2. The van der Waals surface area contributed by atoms with Gasteiger partial charge in [0.15, 0.2) is 0 Å². The Hall–Kier alpha value is -3.77. The molecule has 2 amide bonds. The number of aromatic nitrogens is 1. The predicted molar refractivity (Wildman–Crippen MR) is 131 cm³/mol. The van der Waals surface area contributed by atoms with Gasteiger partial charge in [0.05, 0.1) is 31.7 Å². The molecule has 3 heterocycles. The Morgan fingerprint density at radius 1 is 1.00 bits per heavy atom. The first-order valence-electron chi connectivity index (χ1n) is 11.6. The van der Waals surface area contributed by atoms with E-state index in [1.165, 1.54) is 0 Å². The summed E-state index contributed by atoms with van der Waals surface area (Å²) in [5.74, 6) is -0.183. The highest BCUT2D eigenvalue weighted by Crippen LogP contribution is 2.43. The average molecular weight is 454 g/mol. The minimum absolute atomic E-state index is 0.00454. The molecule has 0 aliphatic carbocycles. The third-order valence-corrected chi connectivity index (χ3v) is 6.77. The van der Waals surface area contributed by atoms with Gasteiger partial charge in [0.2, 0.25) is 11.8 Å². The third-order valence-electron chi connectivity index (χ3n) is 6.77. The number of aliphatic hydroxyl groups is 1. The molecule has 3 atom stereocenters. The highest BCUT2D eigenvalue weighted by molar-refractivity contribution is 5.88. The van der Waals surface area contributed by atoms with E-state index < -0.39 is 0 Å². The van der Waals surface area contributed by atoms with E-state index in [0.717, 1.165) is 22.3 Å². The highest BCUT2D eigenvalue weighted by Gasteiger charge is 2.54. The van der Waals surface area contributed by atoms with Crippen molar-refractivity contribution in [1.29, 1.82) is 0 Å². The molecule has 2 saturated heterocycles. The van der Waals surface area contributed by atoms with E-state index >= 15 is 0 Å². The van der Waals surface area contributed by atoms with Gasteiger partial charge in [-0.25, -0.2) is 0 Å². The maximum atomic E-state index is 12.9. The lowest BCUT2D eigenvalue weighted by molar-refractivity contribution is -0.166. The summed E-state index contributed by atoms with van der Waals surface area (Å²) in [5, 5.41) is 10.0. The number of hydrogen-bond acceptors (Lipinski definition) is 4. The zero-order chi connectivity index (χ0) is 23.5. The second-order valence-electron chi connectivity index (χ2n) is 8.87. The van der Waals surface area contributed by atoms with Gasteiger partial charge in [-0.1, -0.05) is 72.8 Å². The van der Waals surface area contributed by atoms with Crippen LogP contribution in [0.5, 0.6) is 0 Å². The summed E-state index contributed by atoms with van der Waals surface area (Å²) >= 11 is 0. The van der Waals surface area contributed by atoms with Crippen molar-refractivity contribution in [2.45, 2.75) is 24.4 Å². The molecule has 6 heteroatoms. The van der Waals surface area contributed by atoms with Crippen LogP contribution in [0.1, 0.15) is 28.2 Å². The van der Waals surface area contributed by atoms with Crippen molar-refractivity contribution in [3.05, 3.63) is 101 Å². The Kier molecular flexibility index (Phi) is 6.23. The van der Waals surface area contributed by atoms with Crippen LogP contribution in [0.4, 0.5) is 0 Å². The molecule has 2 aliphatic rings. The average Bonchev–Trinajstić information content (AvgIpc) is 2.86. The van der Waals surface area contributed by atoms with Crippen LogP contribution in [0.15, 0.2) is 79.1 Å². The Labute approximate surface area is 199 Å². The molecule has 0 saturated carbocycles. The van der Waals surface area contributed by atoms with Crippen LogP contribution >= 0.6 is 0 Å². The molecule has 0 spiro atoms. The van der Waals surface area contributed by atoms with Gasteiger partial charge in [0.25, 0.3) is 0 Å². The van der Waals surface area contributed by atoms with Crippen LogP contribution in [0, 0.1) is 0 Å². The molecule has 1 aromatic heterocycles. The van der Waals surface area contributed by atoms with Crippen LogP contribution in [-0.4, -0.2) is 63.5 Å². The number of nitrogens with zero attached hydrogens (tertiary/aromatic N) is 3. The molecule has 0 radical (unpaired) electrons. The monoisotopic (exact) mass is 453 g/mol. The molecular weight excluding hydrogens is 426 g/mol. The SMILES string of the molecule is O=C(Cc1cccnc1)N1CC(=O)N2[C@H](CO)[C@@H](c3ccc(C=Cc4ccccc4)cc3)[C@H]2C1. The second-order valence-corrected chi connectivity index (χ2v) is 8.87. The van der Waals surface area contributed by atoms with Crippen molar-refractivity contribution in [3.63, 3.8) is 0 Å². The van der Waals surface area contributed by atoms with Crippen LogP contribution < -0.4 is 0 Å². The molecule has 6 nitrogen and oxygen atoms in total. The normalized spacial score (nSPS) is 21.9. The molecule has 2 aliphatic heterocycles. The molecule has 0 bridgehead atoms. The molecule has 5 rings (SSSR count). The summed E-state index contributed by atoms with van der Waals surface area (Å²) in [6, 6.07) is 21.7. The summed E-state index contributed by atoms with van der Waals surface area (Å²) in [6.45, 7) is 0.440. The fourth-order valence-electron chi connectivity index (χ4n) is 5.06. The van der Waals surface area contributed by atoms with Gasteiger partial charge in [-0.2, -0.15) is 0 Å². The first kappa shape index (κ1) is 22.0. The molecule has 34 heavy (non-hydrogen) atoms. The predicted octanol–water partition coefficient (Wildman–Crippen LogP) is 2.99. The minimum atomic E-state index is -0.251. The van der Waals surface area contributed by atoms with Crippen LogP contribution in [-0.2, 0) is 16.0 Å². The number of benzene rings is 2. The van der Waals surface area contributed by atoms with Gasteiger partial charge in [-0.15, -0.1) is 0 Å². The zero-order valence-corrected chi connectivity index (χ0v) is 18.8. The number of fused-ring (bicyclic) bond motifs is 1. The Bertz CT molecular complexity index is 1180. The number of carbonyl (C=O) groups excluding carboxylic acids is 2. The van der Waals surface area contributed by atoms with Crippen LogP contribution in [0.25, 0.3) is 12.2 Å². The van der Waals surface area contributed by atoms with Gasteiger partial charge in [-0.3, -0.25) is 14.6 Å². The summed E-state index contributed by atoms with van der Waals surface area (Å²) in [5.41, 5.74) is 4.13. The summed E-state index contributed by atoms with van der Waals surface area (Å²) in [6.07, 6.45) is 7.72. The third kappa shape index (κ3) is 4.37. The Morgan fingerprint density at radius 2 is 1.74 bits per heavy atom. The lowest BCUT2D eigenvalue weighted by atomic mass is 9.73. The highest BCUT2D eigenvalue weighted by atomic mass is 16.3. The van der Waals surface area contributed by atoms with Crippen molar-refractivity contribution in [3.8, 4) is 0 Å². The fourth-order valence-corrected chi connectivity index (χ4v) is 5.06. The summed E-state index contributed by atoms with van der Waals surface area (Å²) in [7, 11) is 0. The van der Waals surface area contributed by atoms with E-state index in [4.69, 9.17) is 0 Å². The van der Waals surface area contributed by atoms with Gasteiger partial charge >= 0.3 is 0 Å². The van der Waals surface area contributed by atoms with Crippen molar-refractivity contribution in [1.82, 2.24) is 14.8 Å². The van der Waals surface area contributed by atoms with Crippen LogP contribution in [0.2, 0.25) is 0 Å². The van der Waals surface area contributed by atoms with Gasteiger partial charge in [0, 0.05) is 24.9 Å². The quantitative estimate of drug-likeness (QED) is 0.583. The fraction of sp³-hybridized carbons (Fsp3) is 0.250. The Morgan fingerprint density at radius 3 is 2.41 bits per heavy atom. The van der Waals surface area contributed by atoms with Gasteiger partial charge in [-0.05, 0) is 28.3 Å². The topological polar surface area (TPSA) is 73.7 Å². The van der Waals surface area contributed by atoms with Gasteiger partial charge in [0.1, 0.15) is 0 Å². The van der Waals surface area contributed by atoms with E-state index in [1.54, 1.807) is 28.3 Å². The number of hydrogen-bond donors (Lipinski definition) is 1. The number of pyridine rings is 1. The number of rotatable bonds is 6. The molecule has 172 valence electrons. The van der Waals surface area contributed by atoms with E-state index in [0.29, 0.717) is 6.54 Å². The van der Waals surface area contributed by atoms with E-state index in [1.807, 2.05) is 24.3 Å². The lowest BCUT2D eigenvalue weighted by Crippen LogP contribution is -2.73. The van der Waals surface area contributed by atoms with Crippen molar-refractivity contribution in [2.75, 3.05) is 19.7 Å². The second kappa shape index (κ2) is 9.61. The maximum absolute atomic E-state index is 12.9. The number of carbonyl (C=O) groups is 2. The van der Waals surface area contributed by atoms with E-state index in [-0.39, 0.29) is 49.4 Å². The molecule has 2 aromatic carbocycles. The van der Waals surface area contributed by atoms with E-state index in [2.05, 4.69) is 53.5 Å². The molecule has 2 fully saturated rings. The Balaban J connectivity index is 1.30. The summed E-state index contributed by atoms with van der Waals surface area (Å²) < 4.78 is 0. The molecule has 1 N–H and O–H groups in total. The zero-order valence-electron chi connectivity index (χ0n) is 18.8. The first-order chi connectivity index (χ1) is 16.6. The maximum Gasteiger partial charge on any atom is 0.242 e. The number of aliphatic hydroxyl groups excluding tert-OH is 1. The summed E-state index contributed by atoms with van der Waals surface area (Å²) in [4.78, 5) is 33.2. The lowest BCUT2D eigenvalue weighted by Gasteiger charge is -2.58. The van der Waals surface area contributed by atoms with Crippen LogP contribution in [0.3, 0.4) is 0 Å². The van der Waals surface area contributed by atoms with Crippen molar-refractivity contribution >= 4 is 24.0 Å². The first-order valence-corrected chi connectivity index (χ1v) is 11.6. The minimum Gasteiger partial charge on any atom is -0.394 e. The standard InChI is InChI=1S/C28H27N3O3/c32-19-25-28(23-12-10-21(11-13-23)9-8-20-5-2-1-3-6-20)24-17-30(18-27(34)31(24)25)26(33)15-22-7-4-14-29-16-22/h1-14,16,24-25,28,32H,15,17-19H2/t24-,25-,28+/m1/s1. The van der Waals surface area contributed by atoms with Crippen molar-refractivity contribution in [2.24, 2.45) is 0 Å². The molecular formula is C28H27N3O3. The van der Waals surface area contributed by atoms with Gasteiger partial charge < -0.3 is 14.9 Å². The van der Waals surface area contributed by atoms with E-state index in [9.17, 15) is 14.7 Å². The number of piperazine rings is 1. The molecule has 3 aromatic rings. The largest absolute Gasteiger partial charge is 0.394 e. The smallest absolute Gasteiger partial charge is 0.242 e.